The number of hydrogen-bond donors (Lipinski definition) is 1. The standard InChI is InChI=1S/C15H24N2O2/c1-4-19-15-6-5-12(10-17(2)3)9-13(15)14-11-18-8-7-16-14/h5-6,9,14,16H,4,7-8,10-11H2,1-3H3/t14-/m1/s1. The van der Waals surface area contributed by atoms with E-state index in [0.29, 0.717) is 13.2 Å². The van der Waals surface area contributed by atoms with Crippen molar-refractivity contribution in [1.82, 2.24) is 10.2 Å². The molecule has 0 aromatic heterocycles. The molecule has 106 valence electrons. The van der Waals surface area contributed by atoms with Crippen LogP contribution in [0.3, 0.4) is 0 Å². The number of rotatable bonds is 5. The van der Waals surface area contributed by atoms with Crippen molar-refractivity contribution >= 4 is 0 Å². The van der Waals surface area contributed by atoms with Crippen molar-refractivity contribution in [3.05, 3.63) is 29.3 Å². The molecule has 1 atom stereocenters. The largest absolute Gasteiger partial charge is 0.494 e. The van der Waals surface area contributed by atoms with E-state index in [1.54, 1.807) is 0 Å². The molecule has 1 fully saturated rings. The summed E-state index contributed by atoms with van der Waals surface area (Å²) in [4.78, 5) is 2.17. The zero-order valence-electron chi connectivity index (χ0n) is 12.1. The first-order chi connectivity index (χ1) is 9.20. The van der Waals surface area contributed by atoms with Gasteiger partial charge in [0.1, 0.15) is 5.75 Å². The summed E-state index contributed by atoms with van der Waals surface area (Å²) in [5.41, 5.74) is 2.51. The third-order valence-electron chi connectivity index (χ3n) is 3.17. The number of nitrogens with one attached hydrogen (secondary N) is 1. The van der Waals surface area contributed by atoms with Gasteiger partial charge >= 0.3 is 0 Å². The Morgan fingerprint density at radius 2 is 2.26 bits per heavy atom. The summed E-state index contributed by atoms with van der Waals surface area (Å²) in [6.45, 7) is 6.04. The van der Waals surface area contributed by atoms with Crippen LogP contribution in [0.15, 0.2) is 18.2 Å². The minimum Gasteiger partial charge on any atom is -0.494 e. The van der Waals surface area contributed by atoms with E-state index >= 15 is 0 Å². The number of morpholine rings is 1. The molecule has 1 aliphatic rings. The fourth-order valence-corrected chi connectivity index (χ4v) is 2.39. The summed E-state index contributed by atoms with van der Waals surface area (Å²) in [5.74, 6) is 0.966. The van der Waals surface area contributed by atoms with Crippen molar-refractivity contribution in [3.8, 4) is 5.75 Å². The van der Waals surface area contributed by atoms with E-state index in [4.69, 9.17) is 9.47 Å². The molecule has 0 bridgehead atoms. The van der Waals surface area contributed by atoms with Crippen LogP contribution in [0, 0.1) is 0 Å². The Balaban J connectivity index is 2.24. The lowest BCUT2D eigenvalue weighted by atomic mass is 10.0. The van der Waals surface area contributed by atoms with E-state index in [-0.39, 0.29) is 6.04 Å². The highest BCUT2D eigenvalue weighted by atomic mass is 16.5. The summed E-state index contributed by atoms with van der Waals surface area (Å²) >= 11 is 0. The maximum atomic E-state index is 5.74. The summed E-state index contributed by atoms with van der Waals surface area (Å²) in [6, 6.07) is 6.68. The van der Waals surface area contributed by atoms with Crippen LogP contribution in [0.1, 0.15) is 24.1 Å². The molecule has 0 radical (unpaired) electrons. The first-order valence-electron chi connectivity index (χ1n) is 6.92. The second-order valence-electron chi connectivity index (χ2n) is 5.12. The molecule has 1 aromatic rings. The fourth-order valence-electron chi connectivity index (χ4n) is 2.39. The maximum absolute atomic E-state index is 5.74. The van der Waals surface area contributed by atoms with Gasteiger partial charge in [-0.15, -0.1) is 0 Å². The lowest BCUT2D eigenvalue weighted by molar-refractivity contribution is 0.0758. The van der Waals surface area contributed by atoms with E-state index in [2.05, 4.69) is 42.5 Å². The molecule has 1 N–H and O–H groups in total. The minimum absolute atomic E-state index is 0.234. The minimum atomic E-state index is 0.234. The van der Waals surface area contributed by atoms with Crippen molar-refractivity contribution in [1.29, 1.82) is 0 Å². The van der Waals surface area contributed by atoms with Crippen LogP contribution in [-0.2, 0) is 11.3 Å². The normalized spacial score (nSPS) is 19.7. The van der Waals surface area contributed by atoms with Gasteiger partial charge in [-0.1, -0.05) is 6.07 Å². The van der Waals surface area contributed by atoms with Crippen LogP contribution in [-0.4, -0.2) is 45.4 Å². The maximum Gasteiger partial charge on any atom is 0.124 e. The highest BCUT2D eigenvalue weighted by Gasteiger charge is 2.19. The van der Waals surface area contributed by atoms with Crippen LogP contribution < -0.4 is 10.1 Å². The molecule has 1 aromatic carbocycles. The van der Waals surface area contributed by atoms with Gasteiger partial charge in [0.25, 0.3) is 0 Å². The van der Waals surface area contributed by atoms with Crippen LogP contribution >= 0.6 is 0 Å². The van der Waals surface area contributed by atoms with Gasteiger partial charge in [0.2, 0.25) is 0 Å². The predicted octanol–water partition coefficient (Wildman–Crippen LogP) is 1.81. The number of nitrogens with zero attached hydrogens (tertiary/aromatic N) is 1. The second-order valence-corrected chi connectivity index (χ2v) is 5.12. The van der Waals surface area contributed by atoms with Crippen molar-refractivity contribution < 1.29 is 9.47 Å². The number of ether oxygens (including phenoxy) is 2. The van der Waals surface area contributed by atoms with Crippen LogP contribution in [0.2, 0.25) is 0 Å². The zero-order valence-corrected chi connectivity index (χ0v) is 12.1. The Labute approximate surface area is 115 Å². The molecule has 1 heterocycles. The van der Waals surface area contributed by atoms with Gasteiger partial charge in [-0.2, -0.15) is 0 Å². The van der Waals surface area contributed by atoms with Gasteiger partial charge in [0, 0.05) is 18.7 Å². The van der Waals surface area contributed by atoms with E-state index in [1.807, 2.05) is 6.92 Å². The lowest BCUT2D eigenvalue weighted by Gasteiger charge is -2.26. The monoisotopic (exact) mass is 264 g/mol. The Hall–Kier alpha value is -1.10. The second kappa shape index (κ2) is 6.89. The van der Waals surface area contributed by atoms with Crippen LogP contribution in [0.4, 0.5) is 0 Å². The molecular weight excluding hydrogens is 240 g/mol. The molecule has 0 saturated carbocycles. The quantitative estimate of drug-likeness (QED) is 0.879. The van der Waals surface area contributed by atoms with E-state index in [0.717, 1.165) is 25.4 Å². The summed E-state index contributed by atoms with van der Waals surface area (Å²) in [6.07, 6.45) is 0. The Bertz CT molecular complexity index is 401. The van der Waals surface area contributed by atoms with E-state index < -0.39 is 0 Å². The van der Waals surface area contributed by atoms with Crippen molar-refractivity contribution in [2.45, 2.75) is 19.5 Å². The van der Waals surface area contributed by atoms with Gasteiger partial charge in [0.15, 0.2) is 0 Å². The third kappa shape index (κ3) is 3.93. The average molecular weight is 264 g/mol. The van der Waals surface area contributed by atoms with Crippen molar-refractivity contribution in [2.24, 2.45) is 0 Å². The Kier molecular flexibility index (Phi) is 5.19. The zero-order chi connectivity index (χ0) is 13.7. The lowest BCUT2D eigenvalue weighted by Crippen LogP contribution is -2.34. The SMILES string of the molecule is CCOc1ccc(CN(C)C)cc1[C@H]1COCCN1. The van der Waals surface area contributed by atoms with Gasteiger partial charge < -0.3 is 19.7 Å². The predicted molar refractivity (Wildman–Crippen MR) is 76.6 cm³/mol. The fraction of sp³-hybridized carbons (Fsp3) is 0.600. The molecule has 2 rings (SSSR count). The van der Waals surface area contributed by atoms with Gasteiger partial charge in [-0.05, 0) is 38.7 Å². The van der Waals surface area contributed by atoms with E-state index in [9.17, 15) is 0 Å². The van der Waals surface area contributed by atoms with Crippen LogP contribution in [0.25, 0.3) is 0 Å². The first-order valence-corrected chi connectivity index (χ1v) is 6.92. The topological polar surface area (TPSA) is 33.7 Å². The number of benzene rings is 1. The highest BCUT2D eigenvalue weighted by molar-refractivity contribution is 5.40. The average Bonchev–Trinajstić information content (AvgIpc) is 2.41. The molecule has 0 amide bonds. The van der Waals surface area contributed by atoms with Gasteiger partial charge in [-0.3, -0.25) is 0 Å². The molecule has 0 aliphatic carbocycles. The Morgan fingerprint density at radius 1 is 1.42 bits per heavy atom. The smallest absolute Gasteiger partial charge is 0.124 e. The molecule has 4 nitrogen and oxygen atoms in total. The first kappa shape index (κ1) is 14.3. The summed E-state index contributed by atoms with van der Waals surface area (Å²) in [7, 11) is 4.16. The Morgan fingerprint density at radius 3 is 2.89 bits per heavy atom. The summed E-state index contributed by atoms with van der Waals surface area (Å²) < 4.78 is 11.3. The highest BCUT2D eigenvalue weighted by Crippen LogP contribution is 2.28. The van der Waals surface area contributed by atoms with Crippen molar-refractivity contribution in [3.63, 3.8) is 0 Å². The van der Waals surface area contributed by atoms with Gasteiger partial charge in [0.05, 0.1) is 25.9 Å². The van der Waals surface area contributed by atoms with Crippen LogP contribution in [0.5, 0.6) is 5.75 Å². The summed E-state index contributed by atoms with van der Waals surface area (Å²) in [5, 5.41) is 3.50. The molecule has 1 saturated heterocycles. The van der Waals surface area contributed by atoms with Gasteiger partial charge in [-0.25, -0.2) is 0 Å². The third-order valence-corrected chi connectivity index (χ3v) is 3.17. The molecule has 0 spiro atoms. The molecule has 1 aliphatic heterocycles. The van der Waals surface area contributed by atoms with Crippen molar-refractivity contribution in [2.75, 3.05) is 40.5 Å². The number of hydrogen-bond acceptors (Lipinski definition) is 4. The molecular formula is C15H24N2O2. The van der Waals surface area contributed by atoms with E-state index in [1.165, 1.54) is 11.1 Å². The molecule has 19 heavy (non-hydrogen) atoms. The molecule has 0 unspecified atom stereocenters. The molecule has 4 heteroatoms.